The zero-order valence-electron chi connectivity index (χ0n) is 22.6. The smallest absolute Gasteiger partial charge is 0.411 e. The van der Waals surface area contributed by atoms with Crippen LogP contribution in [0, 0.1) is 5.92 Å². The fraction of sp³-hybridized carbons (Fsp3) is 0.233. The van der Waals surface area contributed by atoms with E-state index in [9.17, 15) is 14.4 Å². The van der Waals surface area contributed by atoms with Crippen LogP contribution in [0.4, 0.5) is 16.2 Å². The summed E-state index contributed by atoms with van der Waals surface area (Å²) >= 11 is 6.11. The van der Waals surface area contributed by atoms with Gasteiger partial charge in [-0.05, 0) is 60.9 Å². The van der Waals surface area contributed by atoms with Crippen LogP contribution in [0.15, 0.2) is 73.2 Å². The number of amides is 3. The van der Waals surface area contributed by atoms with Crippen molar-refractivity contribution in [3.8, 4) is 16.8 Å². The highest BCUT2D eigenvalue weighted by atomic mass is 35.5. The molecule has 1 aliphatic heterocycles. The Morgan fingerprint density at radius 3 is 2.78 bits per heavy atom. The second-order valence-corrected chi connectivity index (χ2v) is 10.3. The van der Waals surface area contributed by atoms with Gasteiger partial charge in [-0.15, -0.1) is 0 Å². The van der Waals surface area contributed by atoms with E-state index in [0.29, 0.717) is 46.9 Å². The maximum atomic E-state index is 13.3. The fourth-order valence-corrected chi connectivity index (χ4v) is 4.89. The Balaban J connectivity index is 1.45. The van der Waals surface area contributed by atoms with Crippen LogP contribution < -0.4 is 16.0 Å². The van der Waals surface area contributed by atoms with Crippen molar-refractivity contribution in [2.75, 3.05) is 17.7 Å². The van der Waals surface area contributed by atoms with Crippen molar-refractivity contribution in [3.63, 3.8) is 0 Å². The van der Waals surface area contributed by atoms with Crippen molar-refractivity contribution in [1.29, 1.82) is 0 Å². The summed E-state index contributed by atoms with van der Waals surface area (Å²) in [4.78, 5) is 42.7. The number of hydrogen-bond donors (Lipinski definition) is 3. The van der Waals surface area contributed by atoms with Crippen LogP contribution in [-0.2, 0) is 9.53 Å². The van der Waals surface area contributed by atoms with Gasteiger partial charge >= 0.3 is 6.09 Å². The van der Waals surface area contributed by atoms with Gasteiger partial charge in [0.25, 0.3) is 5.91 Å². The van der Waals surface area contributed by atoms with Crippen molar-refractivity contribution in [2.45, 2.75) is 32.2 Å². The van der Waals surface area contributed by atoms with Gasteiger partial charge in [0, 0.05) is 34.6 Å². The summed E-state index contributed by atoms with van der Waals surface area (Å²) in [5.41, 5.74) is 4.41. The number of benzene rings is 2. The number of nitrogens with zero attached hydrogens (tertiary/aromatic N) is 3. The first-order valence-corrected chi connectivity index (χ1v) is 13.6. The van der Waals surface area contributed by atoms with Gasteiger partial charge in [-0.25, -0.2) is 9.48 Å². The van der Waals surface area contributed by atoms with Gasteiger partial charge in [0.05, 0.1) is 42.0 Å². The summed E-state index contributed by atoms with van der Waals surface area (Å²) < 4.78 is 6.30. The van der Waals surface area contributed by atoms with E-state index in [1.807, 2.05) is 37.3 Å². The van der Waals surface area contributed by atoms with E-state index in [-0.39, 0.29) is 17.7 Å². The van der Waals surface area contributed by atoms with Gasteiger partial charge in [-0.1, -0.05) is 37.1 Å². The number of pyridine rings is 1. The molecule has 0 fully saturated rings. The topological polar surface area (TPSA) is 127 Å². The Morgan fingerprint density at radius 1 is 1.12 bits per heavy atom. The average molecular weight is 573 g/mol. The quantitative estimate of drug-likeness (QED) is 0.275. The van der Waals surface area contributed by atoms with E-state index < -0.39 is 12.1 Å². The molecule has 210 valence electrons. The van der Waals surface area contributed by atoms with Crippen molar-refractivity contribution in [3.05, 3.63) is 89.5 Å². The zero-order valence-corrected chi connectivity index (χ0v) is 23.3. The molecule has 0 saturated heterocycles. The molecule has 4 aromatic rings. The number of carbonyl (C=O) groups excluding carboxylic acids is 3. The second-order valence-electron chi connectivity index (χ2n) is 9.85. The summed E-state index contributed by atoms with van der Waals surface area (Å²) in [6.07, 6.45) is 6.13. The molecule has 0 aliphatic carbocycles. The van der Waals surface area contributed by atoms with Crippen molar-refractivity contribution in [1.82, 2.24) is 20.1 Å². The molecule has 41 heavy (non-hydrogen) atoms. The van der Waals surface area contributed by atoms with Gasteiger partial charge < -0.3 is 15.4 Å². The lowest BCUT2D eigenvalue weighted by Crippen LogP contribution is -2.29. The van der Waals surface area contributed by atoms with Gasteiger partial charge in [0.1, 0.15) is 0 Å². The molecule has 2 atom stereocenters. The van der Waals surface area contributed by atoms with E-state index in [1.165, 1.54) is 13.3 Å². The number of fused-ring (bicyclic) bond motifs is 4. The average Bonchev–Trinajstić information content (AvgIpc) is 3.47. The predicted molar refractivity (Wildman–Crippen MR) is 156 cm³/mol. The number of halogens is 1. The summed E-state index contributed by atoms with van der Waals surface area (Å²) in [5, 5.41) is 13.7. The third-order valence-corrected chi connectivity index (χ3v) is 7.19. The third kappa shape index (κ3) is 6.55. The maximum absolute atomic E-state index is 13.3. The summed E-state index contributed by atoms with van der Waals surface area (Å²) in [7, 11) is 1.28. The fourth-order valence-electron chi connectivity index (χ4n) is 4.70. The minimum absolute atomic E-state index is 0.134. The van der Waals surface area contributed by atoms with Crippen molar-refractivity contribution in [2.24, 2.45) is 5.92 Å². The molecule has 11 heteroatoms. The zero-order chi connectivity index (χ0) is 28.9. The lowest BCUT2D eigenvalue weighted by Gasteiger charge is -2.22. The molecule has 2 aromatic heterocycles. The van der Waals surface area contributed by atoms with Crippen LogP contribution in [0.25, 0.3) is 16.8 Å². The van der Waals surface area contributed by atoms with Crippen LogP contribution in [0.1, 0.15) is 48.3 Å². The first-order valence-electron chi connectivity index (χ1n) is 13.2. The maximum Gasteiger partial charge on any atom is 0.411 e. The van der Waals surface area contributed by atoms with Crippen molar-refractivity contribution < 1.29 is 19.1 Å². The monoisotopic (exact) mass is 572 g/mol. The largest absolute Gasteiger partial charge is 0.453 e. The molecular weight excluding hydrogens is 544 g/mol. The molecule has 0 radical (unpaired) electrons. The Labute approximate surface area is 242 Å². The Hall–Kier alpha value is -4.70. The lowest BCUT2D eigenvalue weighted by atomic mass is 9.95. The molecular formula is C30H29ClN6O4. The first kappa shape index (κ1) is 27.9. The Bertz CT molecular complexity index is 1600. The lowest BCUT2D eigenvalue weighted by molar-refractivity contribution is -0.119. The third-order valence-electron chi connectivity index (χ3n) is 6.96. The van der Waals surface area contributed by atoms with E-state index in [0.717, 1.165) is 16.8 Å². The van der Waals surface area contributed by atoms with Crippen LogP contribution in [0.3, 0.4) is 0 Å². The molecule has 0 spiro atoms. The van der Waals surface area contributed by atoms with Crippen molar-refractivity contribution >= 4 is 40.9 Å². The SMILES string of the molecule is COC(=O)Nc1ccc2c(c1)NC(=O)[C@H](C)CCC[C@H](NC(=O)c1cnn(-c3cccc(Cl)c3)c1)c1cc-2ccn1. The highest BCUT2D eigenvalue weighted by Gasteiger charge is 2.23. The van der Waals surface area contributed by atoms with E-state index in [1.54, 1.807) is 41.3 Å². The van der Waals surface area contributed by atoms with Crippen LogP contribution in [0.5, 0.6) is 0 Å². The minimum atomic E-state index is -0.610. The molecule has 10 nitrogen and oxygen atoms in total. The normalized spacial score (nSPS) is 16.8. The molecule has 3 N–H and O–H groups in total. The minimum Gasteiger partial charge on any atom is -0.453 e. The van der Waals surface area contributed by atoms with Gasteiger partial charge in [-0.2, -0.15) is 5.10 Å². The van der Waals surface area contributed by atoms with Crippen LogP contribution in [-0.4, -0.2) is 39.8 Å². The number of rotatable bonds is 4. The van der Waals surface area contributed by atoms with Gasteiger partial charge in [0.2, 0.25) is 5.91 Å². The molecule has 1 aliphatic rings. The molecule has 2 bridgehead atoms. The van der Waals surface area contributed by atoms with Gasteiger partial charge in [-0.3, -0.25) is 19.9 Å². The number of aromatic nitrogens is 3. The molecule has 3 amide bonds. The number of ether oxygens (including phenoxy) is 1. The Morgan fingerprint density at radius 2 is 1.98 bits per heavy atom. The number of nitrogens with one attached hydrogen (secondary N) is 3. The molecule has 0 unspecified atom stereocenters. The number of methoxy groups -OCH3 is 1. The second kappa shape index (κ2) is 12.2. The number of carbonyl (C=O) groups is 3. The summed E-state index contributed by atoms with van der Waals surface area (Å²) in [6, 6.07) is 15.8. The summed E-state index contributed by atoms with van der Waals surface area (Å²) in [5.74, 6) is -0.698. The standard InChI is InChI=1S/C30H29ClN6O4/c1-18-5-3-8-25(35-29(39)20-16-33-37(17-20)23-7-4-6-21(31)14-23)27-13-19(11-12-32-27)24-10-9-22(34-30(40)41-2)15-26(24)36-28(18)38/h4,6-7,9-18,25H,3,5,8H2,1-2H3,(H,34,40)(H,35,39)(H,36,38)/t18-,25+/m1/s1. The molecule has 0 saturated carbocycles. The highest BCUT2D eigenvalue weighted by molar-refractivity contribution is 6.30. The number of hydrogen-bond acceptors (Lipinski definition) is 6. The van der Waals surface area contributed by atoms with E-state index >= 15 is 0 Å². The molecule has 2 aromatic carbocycles. The van der Waals surface area contributed by atoms with Gasteiger partial charge in [0.15, 0.2) is 0 Å². The molecule has 5 rings (SSSR count). The highest BCUT2D eigenvalue weighted by Crippen LogP contribution is 2.34. The number of anilines is 2. The summed E-state index contributed by atoms with van der Waals surface area (Å²) in [6.45, 7) is 1.87. The van der Waals surface area contributed by atoms with E-state index in [4.69, 9.17) is 16.3 Å². The van der Waals surface area contributed by atoms with Crippen LogP contribution in [0.2, 0.25) is 5.02 Å². The predicted octanol–water partition coefficient (Wildman–Crippen LogP) is 6.00. The van der Waals surface area contributed by atoms with E-state index in [2.05, 4.69) is 26.0 Å². The Kier molecular flexibility index (Phi) is 8.30. The van der Waals surface area contributed by atoms with Crippen LogP contribution >= 0.6 is 11.6 Å². The first-order chi connectivity index (χ1) is 19.8. The molecule has 3 heterocycles.